The maximum Gasteiger partial charge on any atom is 0.332 e. The highest BCUT2D eigenvalue weighted by atomic mass is 16.5. The van der Waals surface area contributed by atoms with E-state index in [4.69, 9.17) is 10.5 Å². The lowest BCUT2D eigenvalue weighted by atomic mass is 10.1. The van der Waals surface area contributed by atoms with Crippen molar-refractivity contribution in [3.63, 3.8) is 0 Å². The van der Waals surface area contributed by atoms with E-state index in [0.717, 1.165) is 36.3 Å². The summed E-state index contributed by atoms with van der Waals surface area (Å²) in [5, 5.41) is 3.70. The van der Waals surface area contributed by atoms with Crippen molar-refractivity contribution in [2.45, 2.75) is 26.7 Å². The molecule has 0 heterocycles. The predicted molar refractivity (Wildman–Crippen MR) is 71.9 cm³/mol. The molecule has 1 aromatic rings. The van der Waals surface area contributed by atoms with E-state index in [2.05, 4.69) is 17.5 Å². The van der Waals surface area contributed by atoms with Crippen LogP contribution < -0.4 is 15.9 Å². The van der Waals surface area contributed by atoms with Gasteiger partial charge in [-0.3, -0.25) is 0 Å². The number of hydrogen-bond acceptors (Lipinski definition) is 3. The number of amides is 2. The van der Waals surface area contributed by atoms with Gasteiger partial charge in [-0.05, 0) is 42.7 Å². The van der Waals surface area contributed by atoms with Crippen molar-refractivity contribution in [2.75, 3.05) is 6.61 Å². The molecule has 0 aliphatic rings. The van der Waals surface area contributed by atoms with E-state index in [1.165, 1.54) is 6.21 Å². The molecular weight excluding hydrogens is 230 g/mol. The summed E-state index contributed by atoms with van der Waals surface area (Å²) in [7, 11) is 0. The fraction of sp³-hybridized carbons (Fsp3) is 0.385. The van der Waals surface area contributed by atoms with Crippen LogP contribution in [0, 0.1) is 6.92 Å². The lowest BCUT2D eigenvalue weighted by molar-refractivity contribution is 0.249. The summed E-state index contributed by atoms with van der Waals surface area (Å²) in [6, 6.07) is 5.03. The summed E-state index contributed by atoms with van der Waals surface area (Å²) >= 11 is 0. The number of nitrogens with one attached hydrogen (secondary N) is 1. The molecule has 0 aliphatic carbocycles. The predicted octanol–water partition coefficient (Wildman–Crippen LogP) is 2.18. The molecule has 0 aliphatic heterocycles. The smallest absolute Gasteiger partial charge is 0.332 e. The molecule has 3 N–H and O–H groups in total. The molecule has 2 amide bonds. The zero-order chi connectivity index (χ0) is 13.4. The second kappa shape index (κ2) is 7.32. The van der Waals surface area contributed by atoms with Crippen molar-refractivity contribution in [1.29, 1.82) is 0 Å². The average Bonchev–Trinajstić information content (AvgIpc) is 2.31. The third-order valence-corrected chi connectivity index (χ3v) is 2.34. The Hall–Kier alpha value is -2.04. The fourth-order valence-corrected chi connectivity index (χ4v) is 1.41. The van der Waals surface area contributed by atoms with E-state index < -0.39 is 6.03 Å². The summed E-state index contributed by atoms with van der Waals surface area (Å²) in [5.41, 5.74) is 8.96. The van der Waals surface area contributed by atoms with Crippen LogP contribution in [0.5, 0.6) is 5.75 Å². The quantitative estimate of drug-likeness (QED) is 0.460. The van der Waals surface area contributed by atoms with Crippen molar-refractivity contribution in [3.05, 3.63) is 29.3 Å². The SMILES string of the molecule is CCCCOc1ccc(C=NNC(N)=O)cc1C. The minimum absolute atomic E-state index is 0.678. The van der Waals surface area contributed by atoms with Gasteiger partial charge in [0.2, 0.25) is 0 Å². The Labute approximate surface area is 107 Å². The summed E-state index contributed by atoms with van der Waals surface area (Å²) in [5.74, 6) is 0.878. The number of hydrogen-bond donors (Lipinski definition) is 2. The van der Waals surface area contributed by atoms with Gasteiger partial charge in [0.05, 0.1) is 12.8 Å². The van der Waals surface area contributed by atoms with Crippen molar-refractivity contribution >= 4 is 12.2 Å². The number of carbonyl (C=O) groups is 1. The Kier molecular flexibility index (Phi) is 5.70. The van der Waals surface area contributed by atoms with Crippen LogP contribution in [-0.2, 0) is 0 Å². The standard InChI is InChI=1S/C13H19N3O2/c1-3-4-7-18-12-6-5-11(8-10(12)2)9-15-16-13(14)17/h5-6,8-9H,3-4,7H2,1-2H3,(H3,14,16,17). The Morgan fingerprint density at radius 3 is 2.94 bits per heavy atom. The van der Waals surface area contributed by atoms with Crippen LogP contribution in [-0.4, -0.2) is 18.9 Å². The van der Waals surface area contributed by atoms with Crippen LogP contribution in [0.4, 0.5) is 4.79 Å². The number of aryl methyl sites for hydroxylation is 1. The molecule has 0 saturated carbocycles. The third-order valence-electron chi connectivity index (χ3n) is 2.34. The topological polar surface area (TPSA) is 76.7 Å². The number of hydrazone groups is 1. The van der Waals surface area contributed by atoms with Crippen LogP contribution >= 0.6 is 0 Å². The number of unbranched alkanes of at least 4 members (excludes halogenated alkanes) is 1. The monoisotopic (exact) mass is 249 g/mol. The number of rotatable bonds is 6. The van der Waals surface area contributed by atoms with Gasteiger partial charge < -0.3 is 10.5 Å². The van der Waals surface area contributed by atoms with Gasteiger partial charge in [0.25, 0.3) is 0 Å². The zero-order valence-corrected chi connectivity index (χ0v) is 10.8. The van der Waals surface area contributed by atoms with Crippen LogP contribution in [0.1, 0.15) is 30.9 Å². The van der Waals surface area contributed by atoms with E-state index >= 15 is 0 Å². The molecule has 0 aromatic heterocycles. The maximum absolute atomic E-state index is 10.4. The van der Waals surface area contributed by atoms with Gasteiger partial charge in [0.15, 0.2) is 0 Å². The molecule has 0 saturated heterocycles. The molecule has 0 unspecified atom stereocenters. The molecule has 0 bridgehead atoms. The molecule has 1 rings (SSSR count). The summed E-state index contributed by atoms with van der Waals surface area (Å²) in [6.45, 7) is 4.83. The highest BCUT2D eigenvalue weighted by Crippen LogP contribution is 2.18. The number of nitrogens with zero attached hydrogens (tertiary/aromatic N) is 1. The normalized spacial score (nSPS) is 10.6. The van der Waals surface area contributed by atoms with Gasteiger partial charge in [0, 0.05) is 0 Å². The van der Waals surface area contributed by atoms with Gasteiger partial charge in [-0.25, -0.2) is 10.2 Å². The highest BCUT2D eigenvalue weighted by Gasteiger charge is 2.00. The number of benzene rings is 1. The van der Waals surface area contributed by atoms with Crippen molar-refractivity contribution in [2.24, 2.45) is 10.8 Å². The van der Waals surface area contributed by atoms with E-state index in [-0.39, 0.29) is 0 Å². The first kappa shape index (κ1) is 14.0. The number of carbonyl (C=O) groups excluding carboxylic acids is 1. The van der Waals surface area contributed by atoms with E-state index in [0.29, 0.717) is 0 Å². The first-order chi connectivity index (χ1) is 8.63. The average molecular weight is 249 g/mol. The van der Waals surface area contributed by atoms with Crippen LogP contribution in [0.2, 0.25) is 0 Å². The molecule has 0 fully saturated rings. The molecule has 18 heavy (non-hydrogen) atoms. The minimum Gasteiger partial charge on any atom is -0.493 e. The lowest BCUT2D eigenvalue weighted by Gasteiger charge is -2.08. The molecule has 5 nitrogen and oxygen atoms in total. The van der Waals surface area contributed by atoms with Gasteiger partial charge in [-0.15, -0.1) is 0 Å². The molecule has 0 atom stereocenters. The van der Waals surface area contributed by atoms with Crippen LogP contribution in [0.25, 0.3) is 0 Å². The minimum atomic E-state index is -0.678. The first-order valence-corrected chi connectivity index (χ1v) is 5.95. The molecule has 5 heteroatoms. The van der Waals surface area contributed by atoms with Crippen molar-refractivity contribution in [1.82, 2.24) is 5.43 Å². The number of nitrogens with two attached hydrogens (primary N) is 1. The fourth-order valence-electron chi connectivity index (χ4n) is 1.41. The molecule has 1 aromatic carbocycles. The second-order valence-electron chi connectivity index (χ2n) is 3.96. The van der Waals surface area contributed by atoms with Gasteiger partial charge in [-0.2, -0.15) is 5.10 Å². The number of primary amides is 1. The molecular formula is C13H19N3O2. The Morgan fingerprint density at radius 2 is 2.33 bits per heavy atom. The Balaban J connectivity index is 2.61. The highest BCUT2D eigenvalue weighted by molar-refractivity contribution is 5.82. The van der Waals surface area contributed by atoms with Crippen LogP contribution in [0.15, 0.2) is 23.3 Å². The lowest BCUT2D eigenvalue weighted by Crippen LogP contribution is -2.24. The van der Waals surface area contributed by atoms with Gasteiger partial charge >= 0.3 is 6.03 Å². The summed E-state index contributed by atoms with van der Waals surface area (Å²) in [4.78, 5) is 10.4. The number of urea groups is 1. The summed E-state index contributed by atoms with van der Waals surface area (Å²) in [6.07, 6.45) is 3.70. The van der Waals surface area contributed by atoms with E-state index in [1.807, 2.05) is 25.1 Å². The molecule has 98 valence electrons. The third kappa shape index (κ3) is 4.86. The van der Waals surface area contributed by atoms with Crippen LogP contribution in [0.3, 0.4) is 0 Å². The molecule has 0 spiro atoms. The second-order valence-corrected chi connectivity index (χ2v) is 3.96. The van der Waals surface area contributed by atoms with Gasteiger partial charge in [-0.1, -0.05) is 13.3 Å². The van der Waals surface area contributed by atoms with E-state index in [9.17, 15) is 4.79 Å². The zero-order valence-electron chi connectivity index (χ0n) is 10.8. The van der Waals surface area contributed by atoms with Crippen molar-refractivity contribution < 1.29 is 9.53 Å². The number of ether oxygens (including phenoxy) is 1. The first-order valence-electron chi connectivity index (χ1n) is 5.95. The molecule has 0 radical (unpaired) electrons. The summed E-state index contributed by atoms with van der Waals surface area (Å²) < 4.78 is 5.64. The maximum atomic E-state index is 10.4. The van der Waals surface area contributed by atoms with E-state index in [1.54, 1.807) is 0 Å². The Bertz CT molecular complexity index is 430. The van der Waals surface area contributed by atoms with Gasteiger partial charge in [0.1, 0.15) is 5.75 Å². The Morgan fingerprint density at radius 1 is 1.56 bits per heavy atom. The van der Waals surface area contributed by atoms with Crippen molar-refractivity contribution in [3.8, 4) is 5.75 Å². The largest absolute Gasteiger partial charge is 0.493 e.